The molecule has 0 spiro atoms. The topological polar surface area (TPSA) is 38.7 Å². The van der Waals surface area contributed by atoms with Crippen molar-refractivity contribution in [1.29, 1.82) is 0 Å². The second kappa shape index (κ2) is 8.72. The van der Waals surface area contributed by atoms with E-state index in [0.29, 0.717) is 0 Å². The summed E-state index contributed by atoms with van der Waals surface area (Å²) in [5.74, 6) is 0.719. The Bertz CT molecular complexity index is 1510. The Kier molecular flexibility index (Phi) is 5.13. The summed E-state index contributed by atoms with van der Waals surface area (Å²) in [7, 11) is 0. The molecular weight excluding hydrogens is 414 g/mol. The van der Waals surface area contributed by atoms with E-state index in [9.17, 15) is 0 Å². The first-order valence-corrected chi connectivity index (χ1v) is 11.3. The second-order valence-electron chi connectivity index (χ2n) is 8.15. The monoisotopic (exact) mass is 435 g/mol. The van der Waals surface area contributed by atoms with Crippen molar-refractivity contribution >= 4 is 10.8 Å². The van der Waals surface area contributed by atoms with Crippen molar-refractivity contribution in [3.63, 3.8) is 0 Å². The van der Waals surface area contributed by atoms with Crippen LogP contribution in [0.1, 0.15) is 0 Å². The molecule has 0 aliphatic carbocycles. The molecule has 0 aliphatic heterocycles. The van der Waals surface area contributed by atoms with E-state index in [1.807, 2.05) is 60.8 Å². The molecule has 0 bridgehead atoms. The Morgan fingerprint density at radius 1 is 0.441 bits per heavy atom. The van der Waals surface area contributed by atoms with Crippen molar-refractivity contribution in [3.8, 4) is 45.2 Å². The molecule has 3 heteroatoms. The minimum atomic E-state index is 0.719. The molecule has 160 valence electrons. The molecule has 0 N–H and O–H groups in total. The van der Waals surface area contributed by atoms with Crippen molar-refractivity contribution in [2.45, 2.75) is 0 Å². The zero-order valence-corrected chi connectivity index (χ0v) is 18.5. The van der Waals surface area contributed by atoms with E-state index in [1.54, 1.807) is 0 Å². The van der Waals surface area contributed by atoms with Gasteiger partial charge in [-0.05, 0) is 17.5 Å². The summed E-state index contributed by atoms with van der Waals surface area (Å²) >= 11 is 0. The summed E-state index contributed by atoms with van der Waals surface area (Å²) in [6.45, 7) is 0. The van der Waals surface area contributed by atoms with Crippen LogP contribution in [0, 0.1) is 0 Å². The number of hydrogen-bond acceptors (Lipinski definition) is 3. The van der Waals surface area contributed by atoms with E-state index >= 15 is 0 Å². The highest BCUT2D eigenvalue weighted by Gasteiger charge is 2.11. The van der Waals surface area contributed by atoms with Gasteiger partial charge in [-0.2, -0.15) is 0 Å². The van der Waals surface area contributed by atoms with Gasteiger partial charge in [-0.25, -0.2) is 9.97 Å². The number of fused-ring (bicyclic) bond motifs is 1. The van der Waals surface area contributed by atoms with E-state index < -0.39 is 0 Å². The van der Waals surface area contributed by atoms with Gasteiger partial charge in [0.25, 0.3) is 0 Å². The SMILES string of the molecule is c1ccc(-c2cc(-c3ccc(-c4nccc5ccccc45)cc3)nc(-c3ccccc3)n2)cc1. The van der Waals surface area contributed by atoms with Crippen molar-refractivity contribution in [2.24, 2.45) is 0 Å². The Morgan fingerprint density at radius 2 is 1.00 bits per heavy atom. The van der Waals surface area contributed by atoms with E-state index in [-0.39, 0.29) is 0 Å². The van der Waals surface area contributed by atoms with Gasteiger partial charge in [0, 0.05) is 33.8 Å². The maximum Gasteiger partial charge on any atom is 0.160 e. The molecule has 3 nitrogen and oxygen atoms in total. The van der Waals surface area contributed by atoms with Crippen LogP contribution in [0.2, 0.25) is 0 Å². The van der Waals surface area contributed by atoms with Crippen LogP contribution >= 0.6 is 0 Å². The summed E-state index contributed by atoms with van der Waals surface area (Å²) in [5.41, 5.74) is 6.98. The standard InChI is InChI=1S/C31H21N3/c1-3-10-23(11-4-1)28-21-29(34-31(33-28)26-12-5-2-6-13-26)24-15-17-25(18-16-24)30-27-14-8-7-9-22(27)19-20-32-30/h1-21H. The predicted octanol–water partition coefficient (Wildman–Crippen LogP) is 7.69. The molecule has 0 radical (unpaired) electrons. The highest BCUT2D eigenvalue weighted by Crippen LogP contribution is 2.30. The minimum Gasteiger partial charge on any atom is -0.256 e. The lowest BCUT2D eigenvalue weighted by Gasteiger charge is -2.10. The maximum absolute atomic E-state index is 4.93. The molecule has 0 amide bonds. The van der Waals surface area contributed by atoms with Gasteiger partial charge in [0.05, 0.1) is 17.1 Å². The van der Waals surface area contributed by atoms with Crippen molar-refractivity contribution in [2.75, 3.05) is 0 Å². The van der Waals surface area contributed by atoms with Gasteiger partial charge in [0.2, 0.25) is 0 Å². The number of nitrogens with zero attached hydrogens (tertiary/aromatic N) is 3. The van der Waals surface area contributed by atoms with Crippen molar-refractivity contribution < 1.29 is 0 Å². The fraction of sp³-hybridized carbons (Fsp3) is 0. The van der Waals surface area contributed by atoms with Gasteiger partial charge >= 0.3 is 0 Å². The Balaban J connectivity index is 1.45. The number of pyridine rings is 1. The third-order valence-corrected chi connectivity index (χ3v) is 5.96. The summed E-state index contributed by atoms with van der Waals surface area (Å²) in [6.07, 6.45) is 1.87. The van der Waals surface area contributed by atoms with Crippen molar-refractivity contribution in [3.05, 3.63) is 128 Å². The molecule has 2 heterocycles. The third kappa shape index (κ3) is 3.84. The Morgan fingerprint density at radius 3 is 1.71 bits per heavy atom. The third-order valence-electron chi connectivity index (χ3n) is 5.96. The number of hydrogen-bond donors (Lipinski definition) is 0. The quantitative estimate of drug-likeness (QED) is 0.285. The first-order valence-electron chi connectivity index (χ1n) is 11.3. The Hall–Kier alpha value is -4.63. The lowest BCUT2D eigenvalue weighted by atomic mass is 10.0. The zero-order chi connectivity index (χ0) is 22.7. The number of benzene rings is 4. The highest BCUT2D eigenvalue weighted by molar-refractivity contribution is 5.94. The summed E-state index contributed by atoms with van der Waals surface area (Å²) < 4.78 is 0. The molecule has 0 atom stereocenters. The molecule has 0 fully saturated rings. The summed E-state index contributed by atoms with van der Waals surface area (Å²) in [5, 5.41) is 2.34. The fourth-order valence-corrected chi connectivity index (χ4v) is 4.22. The first kappa shape index (κ1) is 20.0. The van der Waals surface area contributed by atoms with Crippen LogP contribution < -0.4 is 0 Å². The van der Waals surface area contributed by atoms with Crippen LogP contribution in [0.3, 0.4) is 0 Å². The Labute approximate surface area is 198 Å². The molecule has 0 saturated heterocycles. The molecule has 0 unspecified atom stereocenters. The average molecular weight is 436 g/mol. The van der Waals surface area contributed by atoms with Crippen LogP contribution in [-0.4, -0.2) is 15.0 Å². The van der Waals surface area contributed by atoms with Crippen LogP contribution in [0.4, 0.5) is 0 Å². The molecule has 6 aromatic rings. The molecule has 2 aromatic heterocycles. The predicted molar refractivity (Wildman–Crippen MR) is 139 cm³/mol. The van der Waals surface area contributed by atoms with Crippen LogP contribution in [-0.2, 0) is 0 Å². The zero-order valence-electron chi connectivity index (χ0n) is 18.5. The number of aromatic nitrogens is 3. The molecular formula is C31H21N3. The second-order valence-corrected chi connectivity index (χ2v) is 8.15. The van der Waals surface area contributed by atoms with E-state index in [2.05, 4.69) is 71.7 Å². The summed E-state index contributed by atoms with van der Waals surface area (Å²) in [4.78, 5) is 14.5. The fourth-order valence-electron chi connectivity index (χ4n) is 4.22. The van der Waals surface area contributed by atoms with Crippen LogP contribution in [0.15, 0.2) is 128 Å². The van der Waals surface area contributed by atoms with E-state index in [1.165, 1.54) is 5.39 Å². The molecule has 0 saturated carbocycles. The molecule has 4 aromatic carbocycles. The van der Waals surface area contributed by atoms with Gasteiger partial charge in [0.15, 0.2) is 5.82 Å². The molecule has 34 heavy (non-hydrogen) atoms. The lowest BCUT2D eigenvalue weighted by molar-refractivity contribution is 1.18. The number of rotatable bonds is 4. The van der Waals surface area contributed by atoms with Crippen LogP contribution in [0.25, 0.3) is 55.9 Å². The van der Waals surface area contributed by atoms with Gasteiger partial charge in [0.1, 0.15) is 0 Å². The van der Waals surface area contributed by atoms with Gasteiger partial charge in [-0.15, -0.1) is 0 Å². The smallest absolute Gasteiger partial charge is 0.160 e. The normalized spacial score (nSPS) is 10.9. The molecule has 6 rings (SSSR count). The first-order chi connectivity index (χ1) is 16.8. The highest BCUT2D eigenvalue weighted by atomic mass is 14.9. The summed E-state index contributed by atoms with van der Waals surface area (Å²) in [6, 6.07) is 41.3. The average Bonchev–Trinajstić information content (AvgIpc) is 2.93. The maximum atomic E-state index is 4.93. The van der Waals surface area contributed by atoms with Gasteiger partial charge < -0.3 is 0 Å². The minimum absolute atomic E-state index is 0.719. The lowest BCUT2D eigenvalue weighted by Crippen LogP contribution is -1.96. The molecule has 0 aliphatic rings. The van der Waals surface area contributed by atoms with Gasteiger partial charge in [-0.1, -0.05) is 109 Å². The van der Waals surface area contributed by atoms with E-state index in [0.717, 1.165) is 50.5 Å². The van der Waals surface area contributed by atoms with E-state index in [4.69, 9.17) is 9.97 Å². The van der Waals surface area contributed by atoms with Crippen LogP contribution in [0.5, 0.6) is 0 Å². The van der Waals surface area contributed by atoms with Gasteiger partial charge in [-0.3, -0.25) is 4.98 Å². The van der Waals surface area contributed by atoms with Crippen molar-refractivity contribution in [1.82, 2.24) is 15.0 Å². The largest absolute Gasteiger partial charge is 0.256 e.